The Morgan fingerprint density at radius 1 is 1.22 bits per heavy atom. The predicted molar refractivity (Wildman–Crippen MR) is 94.4 cm³/mol. The molecule has 0 aromatic carbocycles. The number of aromatic nitrogens is 1. The van der Waals surface area contributed by atoms with Crippen molar-refractivity contribution in [2.75, 3.05) is 13.1 Å². The van der Waals surface area contributed by atoms with E-state index in [1.165, 1.54) is 24.8 Å². The monoisotopic (exact) mass is 337 g/mol. The van der Waals surface area contributed by atoms with Crippen LogP contribution in [0.1, 0.15) is 63.0 Å². The fourth-order valence-electron chi connectivity index (χ4n) is 4.17. The van der Waals surface area contributed by atoms with E-state index in [9.17, 15) is 4.79 Å². The molecule has 1 atom stereocenters. The average Bonchev–Trinajstić information content (AvgIpc) is 3.06. The van der Waals surface area contributed by atoms with Gasteiger partial charge in [-0.05, 0) is 55.3 Å². The number of pyridine rings is 1. The first-order valence-corrected chi connectivity index (χ1v) is 8.64. The van der Waals surface area contributed by atoms with Gasteiger partial charge in [0.15, 0.2) is 0 Å². The molecule has 0 spiro atoms. The molecule has 2 aliphatic rings. The molecule has 4 nitrogen and oxygen atoms in total. The molecular formula is C18H28ClN3O. The smallest absolute Gasteiger partial charge is 0.223 e. The molecular weight excluding hydrogens is 310 g/mol. The highest BCUT2D eigenvalue weighted by Crippen LogP contribution is 2.40. The maximum atomic E-state index is 12.9. The zero-order valence-electron chi connectivity index (χ0n) is 13.7. The number of carbonyl (C=O) groups excluding carboxylic acids is 1. The lowest BCUT2D eigenvalue weighted by molar-refractivity contribution is -0.135. The van der Waals surface area contributed by atoms with Crippen LogP contribution in [0.3, 0.4) is 0 Å². The van der Waals surface area contributed by atoms with Crippen molar-refractivity contribution in [3.05, 3.63) is 30.1 Å². The van der Waals surface area contributed by atoms with E-state index in [1.807, 2.05) is 24.5 Å². The minimum atomic E-state index is 0. The summed E-state index contributed by atoms with van der Waals surface area (Å²) in [5.41, 5.74) is 7.32. The molecule has 2 heterocycles. The Bertz CT molecular complexity index is 502. The zero-order chi connectivity index (χ0) is 15.4. The molecule has 2 N–H and O–H groups in total. The molecule has 2 fully saturated rings. The van der Waals surface area contributed by atoms with E-state index in [0.717, 1.165) is 32.2 Å². The van der Waals surface area contributed by atoms with Crippen LogP contribution in [0.15, 0.2) is 24.5 Å². The molecule has 23 heavy (non-hydrogen) atoms. The lowest BCUT2D eigenvalue weighted by Gasteiger charge is -2.37. The van der Waals surface area contributed by atoms with Gasteiger partial charge < -0.3 is 10.6 Å². The second kappa shape index (κ2) is 8.11. The minimum Gasteiger partial charge on any atom is -0.336 e. The van der Waals surface area contributed by atoms with Gasteiger partial charge in [0.2, 0.25) is 5.91 Å². The van der Waals surface area contributed by atoms with Crippen LogP contribution >= 0.6 is 12.4 Å². The molecule has 5 heteroatoms. The summed E-state index contributed by atoms with van der Waals surface area (Å²) in [5.74, 6) is 0.298. The molecule has 1 amide bonds. The summed E-state index contributed by atoms with van der Waals surface area (Å²) in [7, 11) is 0. The number of nitrogens with two attached hydrogens (primary N) is 1. The van der Waals surface area contributed by atoms with Gasteiger partial charge in [-0.1, -0.05) is 19.3 Å². The van der Waals surface area contributed by atoms with Gasteiger partial charge >= 0.3 is 0 Å². The number of hydrogen-bond acceptors (Lipinski definition) is 3. The number of rotatable bonds is 4. The number of nitrogens with zero attached hydrogens (tertiary/aromatic N) is 2. The van der Waals surface area contributed by atoms with Crippen LogP contribution in [0.4, 0.5) is 0 Å². The van der Waals surface area contributed by atoms with E-state index < -0.39 is 0 Å². The van der Waals surface area contributed by atoms with Gasteiger partial charge in [-0.2, -0.15) is 0 Å². The van der Waals surface area contributed by atoms with Crippen molar-refractivity contribution >= 4 is 18.3 Å². The summed E-state index contributed by atoms with van der Waals surface area (Å²) in [6.07, 6.45) is 12.4. The first-order chi connectivity index (χ1) is 10.7. The van der Waals surface area contributed by atoms with Gasteiger partial charge in [0.25, 0.3) is 0 Å². The van der Waals surface area contributed by atoms with Gasteiger partial charge in [0.05, 0.1) is 6.04 Å². The Kier molecular flexibility index (Phi) is 6.42. The lowest BCUT2D eigenvalue weighted by Crippen LogP contribution is -2.40. The van der Waals surface area contributed by atoms with Gasteiger partial charge in [-0.25, -0.2) is 0 Å². The van der Waals surface area contributed by atoms with Crippen LogP contribution in [0, 0.1) is 5.41 Å². The van der Waals surface area contributed by atoms with Crippen molar-refractivity contribution in [2.24, 2.45) is 11.1 Å². The van der Waals surface area contributed by atoms with Crippen LogP contribution in [0.5, 0.6) is 0 Å². The molecule has 1 aromatic heterocycles. The van der Waals surface area contributed by atoms with Crippen LogP contribution in [-0.2, 0) is 4.79 Å². The van der Waals surface area contributed by atoms with Gasteiger partial charge in [-0.15, -0.1) is 12.4 Å². The van der Waals surface area contributed by atoms with Crippen molar-refractivity contribution < 1.29 is 4.79 Å². The maximum Gasteiger partial charge on any atom is 0.223 e. The van der Waals surface area contributed by atoms with Crippen molar-refractivity contribution in [3.8, 4) is 0 Å². The van der Waals surface area contributed by atoms with Crippen LogP contribution < -0.4 is 5.73 Å². The summed E-state index contributed by atoms with van der Waals surface area (Å²) in [6.45, 7) is 1.53. The van der Waals surface area contributed by atoms with E-state index in [1.54, 1.807) is 0 Å². The highest BCUT2D eigenvalue weighted by atomic mass is 35.5. The average molecular weight is 338 g/mol. The van der Waals surface area contributed by atoms with E-state index >= 15 is 0 Å². The minimum absolute atomic E-state index is 0. The molecule has 1 unspecified atom stereocenters. The zero-order valence-corrected chi connectivity index (χ0v) is 14.6. The lowest BCUT2D eigenvalue weighted by atomic mass is 9.71. The van der Waals surface area contributed by atoms with Crippen LogP contribution in [-0.4, -0.2) is 28.9 Å². The fourth-order valence-corrected chi connectivity index (χ4v) is 4.17. The van der Waals surface area contributed by atoms with E-state index in [2.05, 4.69) is 9.88 Å². The number of halogens is 1. The summed E-state index contributed by atoms with van der Waals surface area (Å²) >= 11 is 0. The Balaban J connectivity index is 0.00000192. The number of carbonyl (C=O) groups is 1. The van der Waals surface area contributed by atoms with Gasteiger partial charge in [0.1, 0.15) is 0 Å². The third-order valence-electron chi connectivity index (χ3n) is 5.54. The van der Waals surface area contributed by atoms with Crippen molar-refractivity contribution in [1.82, 2.24) is 9.88 Å². The molecule has 128 valence electrons. The maximum absolute atomic E-state index is 12.9. The SMILES string of the molecule is Cl.NCC1(CC(=O)N2CCCC2c2ccncc2)CCCCC1. The Labute approximate surface area is 145 Å². The highest BCUT2D eigenvalue weighted by Gasteiger charge is 2.37. The second-order valence-electron chi connectivity index (χ2n) is 6.97. The highest BCUT2D eigenvalue weighted by molar-refractivity contribution is 5.85. The summed E-state index contributed by atoms with van der Waals surface area (Å²) < 4.78 is 0. The Morgan fingerprint density at radius 3 is 2.57 bits per heavy atom. The van der Waals surface area contributed by atoms with Crippen molar-refractivity contribution in [1.29, 1.82) is 0 Å². The van der Waals surface area contributed by atoms with Gasteiger partial charge in [-0.3, -0.25) is 9.78 Å². The molecule has 1 aromatic rings. The fraction of sp³-hybridized carbons (Fsp3) is 0.667. The van der Waals surface area contributed by atoms with Crippen molar-refractivity contribution in [2.45, 2.75) is 57.4 Å². The molecule has 1 aliphatic carbocycles. The molecule has 1 saturated heterocycles. The topological polar surface area (TPSA) is 59.2 Å². The molecule has 0 bridgehead atoms. The Morgan fingerprint density at radius 2 is 1.91 bits per heavy atom. The standard InChI is InChI=1S/C18H27N3O.ClH/c19-14-18(8-2-1-3-9-18)13-17(22)21-12-4-5-16(21)15-6-10-20-11-7-15;/h6-7,10-11,16H,1-5,8-9,12-14,19H2;1H. The summed E-state index contributed by atoms with van der Waals surface area (Å²) in [5, 5.41) is 0. The Hall–Kier alpha value is -1.13. The van der Waals surface area contributed by atoms with Crippen LogP contribution in [0.25, 0.3) is 0 Å². The molecule has 3 rings (SSSR count). The summed E-state index contributed by atoms with van der Waals surface area (Å²) in [4.78, 5) is 19.1. The molecule has 0 radical (unpaired) electrons. The van der Waals surface area contributed by atoms with E-state index in [-0.39, 0.29) is 23.9 Å². The number of likely N-dealkylation sites (tertiary alicyclic amines) is 1. The number of hydrogen-bond donors (Lipinski definition) is 1. The molecule has 1 aliphatic heterocycles. The third-order valence-corrected chi connectivity index (χ3v) is 5.54. The van der Waals surface area contributed by atoms with E-state index in [0.29, 0.717) is 18.9 Å². The normalized spacial score (nSPS) is 23.3. The van der Waals surface area contributed by atoms with Crippen LogP contribution in [0.2, 0.25) is 0 Å². The second-order valence-corrected chi connectivity index (χ2v) is 6.97. The third kappa shape index (κ3) is 4.04. The van der Waals surface area contributed by atoms with Gasteiger partial charge in [0, 0.05) is 25.4 Å². The molecule has 1 saturated carbocycles. The predicted octanol–water partition coefficient (Wildman–Crippen LogP) is 3.47. The quantitative estimate of drug-likeness (QED) is 0.915. The first kappa shape index (κ1) is 18.2. The number of amides is 1. The largest absolute Gasteiger partial charge is 0.336 e. The first-order valence-electron chi connectivity index (χ1n) is 8.64. The van der Waals surface area contributed by atoms with E-state index in [4.69, 9.17) is 5.73 Å². The van der Waals surface area contributed by atoms with Crippen molar-refractivity contribution in [3.63, 3.8) is 0 Å². The summed E-state index contributed by atoms with van der Waals surface area (Å²) in [6, 6.07) is 4.31.